The quantitative estimate of drug-likeness (QED) is 0.763. The normalized spacial score (nSPS) is 19.8. The molecule has 6 nitrogen and oxygen atoms in total. The van der Waals surface area contributed by atoms with Crippen LogP contribution in [0.3, 0.4) is 0 Å². The van der Waals surface area contributed by atoms with E-state index in [1.165, 1.54) is 11.1 Å². The highest BCUT2D eigenvalue weighted by Gasteiger charge is 2.47. The Labute approximate surface area is 152 Å². The Balaban J connectivity index is 1.79. The Morgan fingerprint density at radius 2 is 2.00 bits per heavy atom. The van der Waals surface area contributed by atoms with Crippen molar-refractivity contribution in [3.05, 3.63) is 42.1 Å². The summed E-state index contributed by atoms with van der Waals surface area (Å²) in [5, 5.41) is 0. The van der Waals surface area contributed by atoms with E-state index >= 15 is 0 Å². The molecule has 2 heterocycles. The van der Waals surface area contributed by atoms with Gasteiger partial charge in [-0.1, -0.05) is 19.9 Å². The van der Waals surface area contributed by atoms with Gasteiger partial charge in [0.15, 0.2) is 0 Å². The fourth-order valence-corrected chi connectivity index (χ4v) is 2.96. The summed E-state index contributed by atoms with van der Waals surface area (Å²) in [5.41, 5.74) is 0.837. The molecule has 26 heavy (non-hydrogen) atoms. The predicted octanol–water partition coefficient (Wildman–Crippen LogP) is 3.87. The van der Waals surface area contributed by atoms with E-state index in [0.717, 1.165) is 11.3 Å². The van der Waals surface area contributed by atoms with Gasteiger partial charge in [0, 0.05) is 18.6 Å². The van der Waals surface area contributed by atoms with E-state index in [1.54, 1.807) is 25.3 Å². The van der Waals surface area contributed by atoms with Gasteiger partial charge in [0.1, 0.15) is 11.5 Å². The van der Waals surface area contributed by atoms with Gasteiger partial charge in [-0.3, -0.25) is 9.59 Å². The van der Waals surface area contributed by atoms with Crippen LogP contribution >= 0.6 is 0 Å². The highest BCUT2D eigenvalue weighted by molar-refractivity contribution is 6.22. The average molecular weight is 354 g/mol. The number of benzene rings is 1. The molecule has 0 N–H and O–H groups in total. The number of rotatable bonds is 5. The SMILES string of the molecule is CC[C@@]1(C)CC(=O)N(c2ccc(Oc3ccc(C)c(OC)c3)nc2)C1=O. The van der Waals surface area contributed by atoms with Gasteiger partial charge in [-0.2, -0.15) is 0 Å². The molecule has 1 aromatic heterocycles. The number of carbonyl (C=O) groups excluding carboxylic acids is 2. The van der Waals surface area contributed by atoms with Crippen molar-refractivity contribution < 1.29 is 19.1 Å². The lowest BCUT2D eigenvalue weighted by atomic mass is 9.86. The largest absolute Gasteiger partial charge is 0.496 e. The van der Waals surface area contributed by atoms with Crippen molar-refractivity contribution in [2.75, 3.05) is 12.0 Å². The number of aryl methyl sites for hydroxylation is 1. The molecule has 6 heteroatoms. The molecule has 1 aliphatic heterocycles. The number of carbonyl (C=O) groups is 2. The third kappa shape index (κ3) is 3.14. The van der Waals surface area contributed by atoms with Gasteiger partial charge in [-0.25, -0.2) is 9.88 Å². The van der Waals surface area contributed by atoms with Crippen LogP contribution in [-0.4, -0.2) is 23.9 Å². The fourth-order valence-electron chi connectivity index (χ4n) is 2.96. The first-order valence-corrected chi connectivity index (χ1v) is 8.54. The zero-order valence-electron chi connectivity index (χ0n) is 15.4. The summed E-state index contributed by atoms with van der Waals surface area (Å²) < 4.78 is 11.0. The summed E-state index contributed by atoms with van der Waals surface area (Å²) in [5.74, 6) is 1.32. The predicted molar refractivity (Wildman–Crippen MR) is 97.6 cm³/mol. The van der Waals surface area contributed by atoms with Gasteiger partial charge < -0.3 is 9.47 Å². The third-order valence-corrected chi connectivity index (χ3v) is 4.87. The number of methoxy groups -OCH3 is 1. The summed E-state index contributed by atoms with van der Waals surface area (Å²) in [6.07, 6.45) is 2.33. The molecule has 3 rings (SSSR count). The van der Waals surface area contributed by atoms with Crippen molar-refractivity contribution in [2.24, 2.45) is 5.41 Å². The van der Waals surface area contributed by atoms with Crippen LogP contribution in [0.15, 0.2) is 36.5 Å². The molecule has 1 saturated heterocycles. The van der Waals surface area contributed by atoms with Gasteiger partial charge in [0.2, 0.25) is 17.7 Å². The first kappa shape index (κ1) is 17.9. The summed E-state index contributed by atoms with van der Waals surface area (Å²) >= 11 is 0. The number of hydrogen-bond donors (Lipinski definition) is 0. The van der Waals surface area contributed by atoms with Gasteiger partial charge in [-0.05, 0) is 31.0 Å². The maximum Gasteiger partial charge on any atom is 0.240 e. The molecular formula is C20H22N2O4. The summed E-state index contributed by atoms with van der Waals surface area (Å²) in [4.78, 5) is 30.3. The molecule has 1 fully saturated rings. The van der Waals surface area contributed by atoms with Crippen molar-refractivity contribution in [3.8, 4) is 17.4 Å². The lowest BCUT2D eigenvalue weighted by Gasteiger charge is -2.20. The van der Waals surface area contributed by atoms with Crippen molar-refractivity contribution in [1.82, 2.24) is 4.98 Å². The molecule has 136 valence electrons. The van der Waals surface area contributed by atoms with E-state index in [9.17, 15) is 9.59 Å². The molecule has 0 unspecified atom stereocenters. The highest BCUT2D eigenvalue weighted by atomic mass is 16.5. The molecule has 1 aromatic carbocycles. The second-order valence-electron chi connectivity index (χ2n) is 6.71. The molecule has 1 atom stereocenters. The first-order chi connectivity index (χ1) is 12.4. The molecule has 0 spiro atoms. The molecule has 0 aliphatic carbocycles. The Kier molecular flexibility index (Phi) is 4.68. The molecule has 0 radical (unpaired) electrons. The van der Waals surface area contributed by atoms with Crippen molar-refractivity contribution in [2.45, 2.75) is 33.6 Å². The number of nitrogens with zero attached hydrogens (tertiary/aromatic N) is 2. The Morgan fingerprint density at radius 3 is 2.58 bits per heavy atom. The minimum Gasteiger partial charge on any atom is -0.496 e. The second-order valence-corrected chi connectivity index (χ2v) is 6.71. The Morgan fingerprint density at radius 1 is 1.23 bits per heavy atom. The topological polar surface area (TPSA) is 68.7 Å². The van der Waals surface area contributed by atoms with Crippen LogP contribution in [0.25, 0.3) is 0 Å². The van der Waals surface area contributed by atoms with Crippen LogP contribution in [-0.2, 0) is 9.59 Å². The molecule has 0 saturated carbocycles. The Bertz CT molecular complexity index is 847. The third-order valence-electron chi connectivity index (χ3n) is 4.87. The van der Waals surface area contributed by atoms with Crippen LogP contribution in [0.2, 0.25) is 0 Å². The van der Waals surface area contributed by atoms with Crippen molar-refractivity contribution >= 4 is 17.5 Å². The van der Waals surface area contributed by atoms with E-state index in [4.69, 9.17) is 9.47 Å². The number of amides is 2. The van der Waals surface area contributed by atoms with Gasteiger partial charge in [0.05, 0.1) is 24.4 Å². The summed E-state index contributed by atoms with van der Waals surface area (Å²) in [6.45, 7) is 5.69. The van der Waals surface area contributed by atoms with Crippen LogP contribution < -0.4 is 14.4 Å². The maximum atomic E-state index is 12.6. The van der Waals surface area contributed by atoms with E-state index in [-0.39, 0.29) is 18.2 Å². The number of anilines is 1. The zero-order valence-corrected chi connectivity index (χ0v) is 15.4. The highest BCUT2D eigenvalue weighted by Crippen LogP contribution is 2.38. The van der Waals surface area contributed by atoms with Crippen molar-refractivity contribution in [1.29, 1.82) is 0 Å². The van der Waals surface area contributed by atoms with E-state index < -0.39 is 5.41 Å². The lowest BCUT2D eigenvalue weighted by molar-refractivity contribution is -0.125. The second kappa shape index (κ2) is 6.78. The van der Waals surface area contributed by atoms with Crippen LogP contribution in [0, 0.1) is 12.3 Å². The lowest BCUT2D eigenvalue weighted by Crippen LogP contribution is -2.34. The summed E-state index contributed by atoms with van der Waals surface area (Å²) in [6, 6.07) is 8.82. The van der Waals surface area contributed by atoms with Gasteiger partial charge >= 0.3 is 0 Å². The molecular weight excluding hydrogens is 332 g/mol. The number of pyridine rings is 1. The number of aromatic nitrogens is 1. The zero-order chi connectivity index (χ0) is 18.9. The van der Waals surface area contributed by atoms with Crippen LogP contribution in [0.5, 0.6) is 17.4 Å². The Hall–Kier alpha value is -2.89. The molecule has 2 aromatic rings. The smallest absolute Gasteiger partial charge is 0.240 e. The average Bonchev–Trinajstić information content (AvgIpc) is 2.87. The molecule has 0 bridgehead atoms. The minimum atomic E-state index is -0.634. The summed E-state index contributed by atoms with van der Waals surface area (Å²) in [7, 11) is 1.60. The van der Waals surface area contributed by atoms with Crippen LogP contribution in [0.1, 0.15) is 32.3 Å². The monoisotopic (exact) mass is 354 g/mol. The number of imide groups is 1. The van der Waals surface area contributed by atoms with E-state index in [0.29, 0.717) is 23.7 Å². The minimum absolute atomic E-state index is 0.177. The number of hydrogen-bond acceptors (Lipinski definition) is 5. The standard InChI is InChI=1S/C20H22N2O4/c1-5-20(3)11-18(23)22(19(20)24)14-7-9-17(21-12-14)26-15-8-6-13(2)16(10-15)25-4/h6-10,12H,5,11H2,1-4H3/t20-/m0/s1. The van der Waals surface area contributed by atoms with E-state index in [1.807, 2.05) is 32.9 Å². The fraction of sp³-hybridized carbons (Fsp3) is 0.350. The van der Waals surface area contributed by atoms with E-state index in [2.05, 4.69) is 4.98 Å². The first-order valence-electron chi connectivity index (χ1n) is 8.54. The molecule has 1 aliphatic rings. The van der Waals surface area contributed by atoms with Gasteiger partial charge in [-0.15, -0.1) is 0 Å². The van der Waals surface area contributed by atoms with Crippen molar-refractivity contribution in [3.63, 3.8) is 0 Å². The van der Waals surface area contributed by atoms with Gasteiger partial charge in [0.25, 0.3) is 0 Å². The maximum absolute atomic E-state index is 12.6. The van der Waals surface area contributed by atoms with Crippen LogP contribution in [0.4, 0.5) is 5.69 Å². The molecule has 2 amide bonds. The number of ether oxygens (including phenoxy) is 2.